The fraction of sp³-hybridized carbons (Fsp3) is 0.643. The van der Waals surface area contributed by atoms with Gasteiger partial charge >= 0.3 is 0 Å². The number of carbonyl (C=O) groups excluding carboxylic acids is 2. The monoisotopic (exact) mass is 514 g/mol. The first-order valence-corrected chi connectivity index (χ1v) is 13.5. The highest BCUT2D eigenvalue weighted by Crippen LogP contribution is 2.51. The quantitative estimate of drug-likeness (QED) is 0.374. The minimum Gasteiger partial charge on any atom is -0.493 e. The van der Waals surface area contributed by atoms with Crippen LogP contribution < -0.4 is 14.8 Å². The van der Waals surface area contributed by atoms with Crippen molar-refractivity contribution in [1.82, 2.24) is 10.2 Å². The van der Waals surface area contributed by atoms with Crippen LogP contribution in [0.15, 0.2) is 23.8 Å². The second kappa shape index (κ2) is 11.0. The summed E-state index contributed by atoms with van der Waals surface area (Å²) >= 11 is 0. The fourth-order valence-electron chi connectivity index (χ4n) is 6.17. The molecule has 0 aromatic heterocycles. The Morgan fingerprint density at radius 2 is 1.89 bits per heavy atom. The van der Waals surface area contributed by atoms with Gasteiger partial charge in [-0.1, -0.05) is 12.8 Å². The van der Waals surface area contributed by atoms with E-state index in [2.05, 4.69) is 5.32 Å². The van der Waals surface area contributed by atoms with Crippen molar-refractivity contribution in [2.75, 3.05) is 26.8 Å². The number of nitrogens with one attached hydrogen (secondary N) is 1. The lowest BCUT2D eigenvalue weighted by Crippen LogP contribution is -2.56. The Bertz CT molecular complexity index is 1050. The summed E-state index contributed by atoms with van der Waals surface area (Å²) in [6.07, 6.45) is 6.84. The van der Waals surface area contributed by atoms with E-state index in [1.54, 1.807) is 23.1 Å². The molecule has 0 radical (unpaired) electrons. The van der Waals surface area contributed by atoms with Crippen molar-refractivity contribution in [2.45, 2.75) is 75.7 Å². The molecular weight excluding hydrogens is 476 g/mol. The van der Waals surface area contributed by atoms with Crippen molar-refractivity contribution in [1.29, 1.82) is 0 Å². The summed E-state index contributed by atoms with van der Waals surface area (Å²) in [5.74, 6) is 0.665. The number of ether oxygens (including phenoxy) is 2. The van der Waals surface area contributed by atoms with Crippen molar-refractivity contribution >= 4 is 11.8 Å². The fourth-order valence-corrected chi connectivity index (χ4v) is 6.17. The van der Waals surface area contributed by atoms with Gasteiger partial charge in [0.25, 0.3) is 0 Å². The molecule has 1 aromatic carbocycles. The van der Waals surface area contributed by atoms with Crippen LogP contribution in [-0.4, -0.2) is 77.1 Å². The summed E-state index contributed by atoms with van der Waals surface area (Å²) in [4.78, 5) is 28.8. The molecular formula is C28H38N2O7. The molecule has 0 bridgehead atoms. The molecule has 2 amide bonds. The Morgan fingerprint density at radius 3 is 2.54 bits per heavy atom. The van der Waals surface area contributed by atoms with E-state index in [0.29, 0.717) is 53.0 Å². The topological polar surface area (TPSA) is 129 Å². The maximum absolute atomic E-state index is 13.6. The Balaban J connectivity index is 1.53. The third kappa shape index (κ3) is 5.22. The van der Waals surface area contributed by atoms with Gasteiger partial charge in [0.15, 0.2) is 11.5 Å². The number of carbonyl (C=O) groups is 2. The molecule has 2 saturated carbocycles. The molecule has 4 aliphatic rings. The molecule has 2 fully saturated rings. The minimum atomic E-state index is -1.06. The van der Waals surface area contributed by atoms with E-state index in [1.807, 2.05) is 0 Å². The second-order valence-corrected chi connectivity index (χ2v) is 10.9. The molecule has 1 heterocycles. The van der Waals surface area contributed by atoms with Crippen LogP contribution in [-0.2, 0) is 16.2 Å². The molecule has 9 heteroatoms. The molecule has 0 spiro atoms. The van der Waals surface area contributed by atoms with E-state index in [4.69, 9.17) is 9.47 Å². The lowest BCUT2D eigenvalue weighted by molar-refractivity contribution is -0.138. The first-order chi connectivity index (χ1) is 17.9. The molecule has 202 valence electrons. The van der Waals surface area contributed by atoms with Crippen molar-refractivity contribution < 1.29 is 34.4 Å². The van der Waals surface area contributed by atoms with Gasteiger partial charge in [0.2, 0.25) is 11.8 Å². The van der Waals surface area contributed by atoms with Gasteiger partial charge in [-0.3, -0.25) is 9.59 Å². The molecule has 1 aromatic rings. The number of hydrogen-bond donors (Lipinski definition) is 4. The molecule has 4 N–H and O–H groups in total. The predicted molar refractivity (Wildman–Crippen MR) is 135 cm³/mol. The normalized spacial score (nSPS) is 26.6. The standard InChI is InChI=1S/C28H38N2O7/c1-36-22-11-18(15-32)10-19-24-20(28(35)29-8-9-31)13-21(25(34)27(24)37-26(19)22)30(14-17-6-7-17)23(33)12-16-4-2-3-5-16/h10-11,13,16-17,21,24-25,27,31-32,34H,2-9,12,14-15H2,1H3,(H,29,35). The zero-order valence-electron chi connectivity index (χ0n) is 21.4. The highest BCUT2D eigenvalue weighted by molar-refractivity contribution is 5.96. The van der Waals surface area contributed by atoms with Crippen LogP contribution in [0, 0.1) is 11.8 Å². The molecule has 37 heavy (non-hydrogen) atoms. The Morgan fingerprint density at radius 1 is 1.14 bits per heavy atom. The minimum absolute atomic E-state index is 0.0170. The van der Waals surface area contributed by atoms with E-state index in [1.165, 1.54) is 7.11 Å². The van der Waals surface area contributed by atoms with Gasteiger partial charge in [-0.15, -0.1) is 0 Å². The number of benzene rings is 1. The molecule has 9 nitrogen and oxygen atoms in total. The Kier molecular flexibility index (Phi) is 7.74. The number of nitrogens with zero attached hydrogens (tertiary/aromatic N) is 1. The van der Waals surface area contributed by atoms with E-state index >= 15 is 0 Å². The zero-order chi connectivity index (χ0) is 26.1. The number of hydrogen-bond acceptors (Lipinski definition) is 7. The highest BCUT2D eigenvalue weighted by Gasteiger charge is 2.52. The largest absolute Gasteiger partial charge is 0.493 e. The predicted octanol–water partition coefficient (Wildman–Crippen LogP) is 1.63. The van der Waals surface area contributed by atoms with Crippen molar-refractivity contribution in [2.24, 2.45) is 11.8 Å². The van der Waals surface area contributed by atoms with Crippen molar-refractivity contribution in [3.63, 3.8) is 0 Å². The van der Waals surface area contributed by atoms with Crippen LogP contribution in [0.3, 0.4) is 0 Å². The van der Waals surface area contributed by atoms with Crippen LogP contribution in [0.5, 0.6) is 11.5 Å². The van der Waals surface area contributed by atoms with Crippen LogP contribution in [0.4, 0.5) is 0 Å². The summed E-state index contributed by atoms with van der Waals surface area (Å²) in [5, 5.41) is 33.5. The number of aliphatic hydroxyl groups excluding tert-OH is 3. The van der Waals surface area contributed by atoms with Crippen molar-refractivity contribution in [3.05, 3.63) is 34.9 Å². The third-order valence-electron chi connectivity index (χ3n) is 8.26. The smallest absolute Gasteiger partial charge is 0.247 e. The lowest BCUT2D eigenvalue weighted by atomic mass is 9.77. The van der Waals surface area contributed by atoms with E-state index in [9.17, 15) is 24.9 Å². The average Bonchev–Trinajstić information content (AvgIpc) is 3.42. The average molecular weight is 515 g/mol. The van der Waals surface area contributed by atoms with Gasteiger partial charge in [0.05, 0.1) is 32.3 Å². The summed E-state index contributed by atoms with van der Waals surface area (Å²) in [7, 11) is 1.51. The number of amides is 2. The van der Waals surface area contributed by atoms with Crippen LogP contribution >= 0.6 is 0 Å². The number of methoxy groups -OCH3 is 1. The molecule has 1 aliphatic heterocycles. The van der Waals surface area contributed by atoms with Crippen LogP contribution in [0.25, 0.3) is 0 Å². The number of fused-ring (bicyclic) bond motifs is 3. The van der Waals surface area contributed by atoms with Crippen molar-refractivity contribution in [3.8, 4) is 11.5 Å². The molecule has 4 atom stereocenters. The molecule has 4 unspecified atom stereocenters. The van der Waals surface area contributed by atoms with Gasteiger partial charge in [-0.25, -0.2) is 0 Å². The summed E-state index contributed by atoms with van der Waals surface area (Å²) < 4.78 is 11.8. The van der Waals surface area contributed by atoms with Gasteiger partial charge in [0.1, 0.15) is 12.2 Å². The zero-order valence-corrected chi connectivity index (χ0v) is 21.4. The van der Waals surface area contributed by atoms with E-state index < -0.39 is 24.2 Å². The first-order valence-electron chi connectivity index (χ1n) is 13.5. The second-order valence-electron chi connectivity index (χ2n) is 10.9. The van der Waals surface area contributed by atoms with Gasteiger partial charge in [-0.2, -0.15) is 0 Å². The van der Waals surface area contributed by atoms with E-state index in [0.717, 1.165) is 38.5 Å². The lowest BCUT2D eigenvalue weighted by Gasteiger charge is -2.41. The number of rotatable bonds is 10. The van der Waals surface area contributed by atoms with Gasteiger partial charge < -0.3 is 35.0 Å². The van der Waals surface area contributed by atoms with Gasteiger partial charge in [-0.05, 0) is 61.3 Å². The maximum Gasteiger partial charge on any atom is 0.247 e. The molecule has 5 rings (SSSR count). The van der Waals surface area contributed by atoms with Gasteiger partial charge in [0, 0.05) is 30.6 Å². The SMILES string of the molecule is COc1cc(CO)cc2c1OC1C2C(C(=O)NCCO)=CC(N(CC2CC2)C(=O)CC2CCCC2)C1O. The maximum atomic E-state index is 13.6. The summed E-state index contributed by atoms with van der Waals surface area (Å²) in [6.45, 7) is 0.216. The van der Waals surface area contributed by atoms with E-state index in [-0.39, 0.29) is 31.6 Å². The van der Waals surface area contributed by atoms with Crippen LogP contribution in [0.1, 0.15) is 62.0 Å². The third-order valence-corrected chi connectivity index (χ3v) is 8.26. The molecule has 3 aliphatic carbocycles. The highest BCUT2D eigenvalue weighted by atomic mass is 16.5. The van der Waals surface area contributed by atoms with Crippen LogP contribution in [0.2, 0.25) is 0 Å². The Hall–Kier alpha value is -2.62. The number of aliphatic hydroxyl groups is 3. The Labute approximate surface area is 217 Å². The first kappa shape index (κ1) is 26.0. The summed E-state index contributed by atoms with van der Waals surface area (Å²) in [6, 6.07) is 2.75. The molecule has 0 saturated heterocycles. The summed E-state index contributed by atoms with van der Waals surface area (Å²) in [5.41, 5.74) is 1.65.